The molecule has 1 fully saturated rings. The van der Waals surface area contributed by atoms with Crippen molar-refractivity contribution in [2.45, 2.75) is 32.2 Å². The van der Waals surface area contributed by atoms with Crippen LogP contribution in [0.2, 0.25) is 0 Å². The summed E-state index contributed by atoms with van der Waals surface area (Å²) in [7, 11) is 0. The summed E-state index contributed by atoms with van der Waals surface area (Å²) in [5.74, 6) is 3.16. The van der Waals surface area contributed by atoms with Crippen molar-refractivity contribution in [1.29, 1.82) is 0 Å². The number of hydrogen-bond donors (Lipinski definition) is 1. The van der Waals surface area contributed by atoms with Gasteiger partial charge < -0.3 is 5.32 Å². The normalized spacial score (nSPS) is 20.9. The van der Waals surface area contributed by atoms with E-state index in [4.69, 9.17) is 0 Å². The molecule has 1 nitrogen and oxygen atoms in total. The second-order valence-corrected chi connectivity index (χ2v) is 5.60. The first-order valence-corrected chi connectivity index (χ1v) is 6.86. The maximum atomic E-state index is 3.67. The van der Waals surface area contributed by atoms with Crippen LogP contribution < -0.4 is 5.32 Å². The van der Waals surface area contributed by atoms with E-state index in [1.165, 1.54) is 29.2 Å². The van der Waals surface area contributed by atoms with Crippen molar-refractivity contribution < 1.29 is 0 Å². The first-order valence-electron chi connectivity index (χ1n) is 5.70. The van der Waals surface area contributed by atoms with Crippen molar-refractivity contribution >= 4 is 17.4 Å². The topological polar surface area (TPSA) is 12.0 Å². The molecule has 15 heavy (non-hydrogen) atoms. The summed E-state index contributed by atoms with van der Waals surface area (Å²) in [5.41, 5.74) is 2.77. The van der Waals surface area contributed by atoms with Gasteiger partial charge in [-0.3, -0.25) is 0 Å². The molecule has 1 N–H and O–H groups in total. The number of benzene rings is 1. The van der Waals surface area contributed by atoms with Crippen LogP contribution in [0.25, 0.3) is 0 Å². The van der Waals surface area contributed by atoms with Crippen molar-refractivity contribution in [3.63, 3.8) is 0 Å². The van der Waals surface area contributed by atoms with Crippen molar-refractivity contribution in [3.8, 4) is 0 Å². The van der Waals surface area contributed by atoms with Crippen LogP contribution in [0.1, 0.15) is 31.7 Å². The fraction of sp³-hybridized carbons (Fsp3) is 0.538. The SMILES string of the molecule is CC(C)c1ccccc1N[C@H]1CCSC1. The van der Waals surface area contributed by atoms with Crippen molar-refractivity contribution in [3.05, 3.63) is 29.8 Å². The van der Waals surface area contributed by atoms with Gasteiger partial charge in [0.05, 0.1) is 0 Å². The lowest BCUT2D eigenvalue weighted by Crippen LogP contribution is -2.19. The van der Waals surface area contributed by atoms with E-state index in [0.29, 0.717) is 12.0 Å². The molecule has 0 amide bonds. The van der Waals surface area contributed by atoms with Gasteiger partial charge in [-0.05, 0) is 29.7 Å². The average Bonchev–Trinajstić information content (AvgIpc) is 2.71. The zero-order chi connectivity index (χ0) is 10.7. The lowest BCUT2D eigenvalue weighted by atomic mass is 10.0. The highest BCUT2D eigenvalue weighted by Gasteiger charge is 2.16. The Morgan fingerprint density at radius 3 is 2.80 bits per heavy atom. The number of thioether (sulfide) groups is 1. The zero-order valence-corrected chi connectivity index (χ0v) is 10.3. The van der Waals surface area contributed by atoms with Crippen LogP contribution >= 0.6 is 11.8 Å². The molecule has 82 valence electrons. The van der Waals surface area contributed by atoms with Crippen LogP contribution in [0.3, 0.4) is 0 Å². The third kappa shape index (κ3) is 2.69. The minimum absolute atomic E-state index is 0.600. The predicted octanol–water partition coefficient (Wildman–Crippen LogP) is 3.73. The number of rotatable bonds is 3. The summed E-state index contributed by atoms with van der Waals surface area (Å²) in [6.07, 6.45) is 1.30. The minimum Gasteiger partial charge on any atom is -0.381 e. The summed E-state index contributed by atoms with van der Waals surface area (Å²) < 4.78 is 0. The van der Waals surface area contributed by atoms with Crippen LogP contribution in [-0.4, -0.2) is 17.5 Å². The summed E-state index contributed by atoms with van der Waals surface area (Å²) in [6.45, 7) is 4.51. The van der Waals surface area contributed by atoms with E-state index in [9.17, 15) is 0 Å². The van der Waals surface area contributed by atoms with E-state index in [2.05, 4.69) is 55.2 Å². The molecule has 0 aliphatic carbocycles. The van der Waals surface area contributed by atoms with Gasteiger partial charge in [-0.1, -0.05) is 32.0 Å². The Morgan fingerprint density at radius 2 is 2.13 bits per heavy atom. The third-order valence-electron chi connectivity index (χ3n) is 2.87. The predicted molar refractivity (Wildman–Crippen MR) is 69.9 cm³/mol. The van der Waals surface area contributed by atoms with Crippen LogP contribution in [0.5, 0.6) is 0 Å². The standard InChI is InChI=1S/C13H19NS/c1-10(2)12-5-3-4-6-13(12)14-11-7-8-15-9-11/h3-6,10-11,14H,7-9H2,1-2H3/t11-/m0/s1. The first kappa shape index (κ1) is 10.9. The van der Waals surface area contributed by atoms with Gasteiger partial charge in [-0.2, -0.15) is 11.8 Å². The molecule has 2 heteroatoms. The highest BCUT2D eigenvalue weighted by Crippen LogP contribution is 2.27. The van der Waals surface area contributed by atoms with E-state index in [1.54, 1.807) is 0 Å². The Labute approximate surface area is 96.7 Å². The molecule has 1 aromatic carbocycles. The van der Waals surface area contributed by atoms with Crippen LogP contribution in [0.4, 0.5) is 5.69 Å². The van der Waals surface area contributed by atoms with E-state index in [1.807, 2.05) is 0 Å². The second-order valence-electron chi connectivity index (χ2n) is 4.45. The van der Waals surface area contributed by atoms with E-state index >= 15 is 0 Å². The van der Waals surface area contributed by atoms with Gasteiger partial charge in [0.1, 0.15) is 0 Å². The van der Waals surface area contributed by atoms with Crippen LogP contribution in [0, 0.1) is 0 Å². The molecule has 1 aliphatic heterocycles. The average molecular weight is 221 g/mol. The Kier molecular flexibility index (Phi) is 3.57. The van der Waals surface area contributed by atoms with Gasteiger partial charge in [0, 0.05) is 17.5 Å². The Balaban J connectivity index is 2.12. The molecular weight excluding hydrogens is 202 g/mol. The maximum Gasteiger partial charge on any atom is 0.0377 e. The molecule has 2 rings (SSSR count). The number of para-hydroxylation sites is 1. The lowest BCUT2D eigenvalue weighted by Gasteiger charge is -2.18. The monoisotopic (exact) mass is 221 g/mol. The minimum atomic E-state index is 0.600. The van der Waals surface area contributed by atoms with Gasteiger partial charge in [-0.25, -0.2) is 0 Å². The number of anilines is 1. The van der Waals surface area contributed by atoms with E-state index < -0.39 is 0 Å². The second kappa shape index (κ2) is 4.93. The zero-order valence-electron chi connectivity index (χ0n) is 9.49. The highest BCUT2D eigenvalue weighted by molar-refractivity contribution is 7.99. The summed E-state index contributed by atoms with van der Waals surface area (Å²) in [5, 5.41) is 3.67. The molecule has 1 aromatic rings. The van der Waals surface area contributed by atoms with Crippen LogP contribution in [0.15, 0.2) is 24.3 Å². The first-order chi connectivity index (χ1) is 7.27. The smallest absolute Gasteiger partial charge is 0.0377 e. The largest absolute Gasteiger partial charge is 0.381 e. The van der Waals surface area contributed by atoms with Crippen molar-refractivity contribution in [2.75, 3.05) is 16.8 Å². The molecular formula is C13H19NS. The summed E-state index contributed by atoms with van der Waals surface area (Å²) in [6, 6.07) is 9.36. The Bertz CT molecular complexity index is 316. The van der Waals surface area contributed by atoms with Gasteiger partial charge in [0.25, 0.3) is 0 Å². The lowest BCUT2D eigenvalue weighted by molar-refractivity contribution is 0.800. The van der Waals surface area contributed by atoms with Crippen molar-refractivity contribution in [1.82, 2.24) is 0 Å². The third-order valence-corrected chi connectivity index (χ3v) is 4.03. The molecule has 1 atom stereocenters. The molecule has 1 saturated heterocycles. The van der Waals surface area contributed by atoms with Gasteiger partial charge in [0.15, 0.2) is 0 Å². The fourth-order valence-corrected chi connectivity index (χ4v) is 3.15. The molecule has 0 aromatic heterocycles. The molecule has 1 heterocycles. The summed E-state index contributed by atoms with van der Waals surface area (Å²) >= 11 is 2.05. The Hall–Kier alpha value is -0.630. The maximum absolute atomic E-state index is 3.67. The molecule has 0 spiro atoms. The number of nitrogens with one attached hydrogen (secondary N) is 1. The van der Waals surface area contributed by atoms with Gasteiger partial charge in [0.2, 0.25) is 0 Å². The van der Waals surface area contributed by atoms with Crippen molar-refractivity contribution in [2.24, 2.45) is 0 Å². The number of hydrogen-bond acceptors (Lipinski definition) is 2. The molecule has 0 bridgehead atoms. The molecule has 1 aliphatic rings. The van der Waals surface area contributed by atoms with E-state index in [0.717, 1.165) is 0 Å². The highest BCUT2D eigenvalue weighted by atomic mass is 32.2. The molecule has 0 radical (unpaired) electrons. The fourth-order valence-electron chi connectivity index (χ4n) is 2.00. The molecule has 0 saturated carbocycles. The summed E-state index contributed by atoms with van der Waals surface area (Å²) in [4.78, 5) is 0. The van der Waals surface area contributed by atoms with Crippen LogP contribution in [-0.2, 0) is 0 Å². The molecule has 0 unspecified atom stereocenters. The quantitative estimate of drug-likeness (QED) is 0.834. The Morgan fingerprint density at radius 1 is 1.33 bits per heavy atom. The van der Waals surface area contributed by atoms with Gasteiger partial charge >= 0.3 is 0 Å². The van der Waals surface area contributed by atoms with E-state index in [-0.39, 0.29) is 0 Å². The van der Waals surface area contributed by atoms with Gasteiger partial charge in [-0.15, -0.1) is 0 Å².